The molecule has 1 aliphatic heterocycles. The number of rotatable bonds is 2. The largest absolute Gasteiger partial charge is 0.325 e. The number of hydrogen-bond acceptors (Lipinski definition) is 3. The molecule has 1 unspecified atom stereocenters. The summed E-state index contributed by atoms with van der Waals surface area (Å²) >= 11 is 3.97. The van der Waals surface area contributed by atoms with Gasteiger partial charge >= 0.3 is 6.03 Å². The molecule has 0 bridgehead atoms. The van der Waals surface area contributed by atoms with Crippen LogP contribution in [0.4, 0.5) is 4.79 Å². The van der Waals surface area contributed by atoms with E-state index in [0.717, 1.165) is 6.42 Å². The normalized spacial score (nSPS) is 24.2. The quantitative estimate of drug-likeness (QED) is 0.464. The minimum Gasteiger partial charge on any atom is -0.304 e. The molecule has 0 radical (unpaired) electrons. The summed E-state index contributed by atoms with van der Waals surface area (Å²) < 4.78 is 0. The first-order valence-electron chi connectivity index (χ1n) is 3.46. The maximum absolute atomic E-state index is 10.9. The number of thiol groups is 1. The topological polar surface area (TPSA) is 49.4 Å². The van der Waals surface area contributed by atoms with Gasteiger partial charge in [-0.15, -0.1) is 12.6 Å². The Hall–Kier alpha value is -0.710. The average molecular weight is 174 g/mol. The molecule has 1 aliphatic rings. The molecular formula is C6H10N2O2S. The van der Waals surface area contributed by atoms with Crippen LogP contribution in [0.15, 0.2) is 0 Å². The zero-order valence-corrected chi connectivity index (χ0v) is 7.10. The third-order valence-corrected chi connectivity index (χ3v) is 2.00. The molecule has 1 fully saturated rings. The lowest BCUT2D eigenvalue weighted by Gasteiger charge is -2.15. The number of urea groups is 1. The van der Waals surface area contributed by atoms with Crippen molar-refractivity contribution in [2.45, 2.75) is 18.7 Å². The van der Waals surface area contributed by atoms with E-state index in [1.807, 2.05) is 6.92 Å². The van der Waals surface area contributed by atoms with Crippen molar-refractivity contribution in [3.05, 3.63) is 0 Å². The van der Waals surface area contributed by atoms with E-state index >= 15 is 0 Å². The van der Waals surface area contributed by atoms with Gasteiger partial charge in [0.15, 0.2) is 5.37 Å². The van der Waals surface area contributed by atoms with Crippen LogP contribution >= 0.6 is 12.6 Å². The van der Waals surface area contributed by atoms with Crippen LogP contribution in [0.1, 0.15) is 13.3 Å². The summed E-state index contributed by atoms with van der Waals surface area (Å²) in [6, 6.07) is -0.336. The maximum Gasteiger partial charge on any atom is 0.325 e. The van der Waals surface area contributed by atoms with Crippen LogP contribution in [0.3, 0.4) is 0 Å². The van der Waals surface area contributed by atoms with E-state index in [0.29, 0.717) is 6.54 Å². The molecule has 4 nitrogen and oxygen atoms in total. The Kier molecular flexibility index (Phi) is 2.38. The van der Waals surface area contributed by atoms with Crippen molar-refractivity contribution in [3.63, 3.8) is 0 Å². The summed E-state index contributed by atoms with van der Waals surface area (Å²) in [5.41, 5.74) is 0. The highest BCUT2D eigenvalue weighted by Crippen LogP contribution is 2.11. The van der Waals surface area contributed by atoms with Gasteiger partial charge in [-0.3, -0.25) is 10.1 Å². The van der Waals surface area contributed by atoms with Gasteiger partial charge in [0, 0.05) is 6.54 Å². The molecule has 1 atom stereocenters. The lowest BCUT2D eigenvalue weighted by Crippen LogP contribution is -2.32. The Labute approximate surface area is 70.3 Å². The van der Waals surface area contributed by atoms with Crippen LogP contribution in [-0.4, -0.2) is 28.8 Å². The van der Waals surface area contributed by atoms with E-state index in [4.69, 9.17) is 0 Å². The molecule has 11 heavy (non-hydrogen) atoms. The monoisotopic (exact) mass is 174 g/mol. The van der Waals surface area contributed by atoms with Crippen LogP contribution in [-0.2, 0) is 4.79 Å². The summed E-state index contributed by atoms with van der Waals surface area (Å²) in [6.45, 7) is 2.52. The zero-order valence-electron chi connectivity index (χ0n) is 6.20. The van der Waals surface area contributed by atoms with E-state index in [9.17, 15) is 9.59 Å². The second kappa shape index (κ2) is 3.13. The predicted molar refractivity (Wildman–Crippen MR) is 43.3 cm³/mol. The molecular weight excluding hydrogens is 164 g/mol. The fraction of sp³-hybridized carbons (Fsp3) is 0.667. The molecule has 0 aromatic carbocycles. The molecule has 0 aliphatic carbocycles. The SMILES string of the molecule is CCCN1C(=O)NC(=O)C1S. The molecule has 62 valence electrons. The highest BCUT2D eigenvalue weighted by atomic mass is 32.1. The molecule has 1 heterocycles. The smallest absolute Gasteiger partial charge is 0.304 e. The third kappa shape index (κ3) is 1.48. The maximum atomic E-state index is 10.9. The fourth-order valence-electron chi connectivity index (χ4n) is 0.959. The van der Waals surface area contributed by atoms with E-state index in [1.54, 1.807) is 0 Å². The number of nitrogens with zero attached hydrogens (tertiary/aromatic N) is 1. The van der Waals surface area contributed by atoms with Gasteiger partial charge in [-0.2, -0.15) is 0 Å². The standard InChI is InChI=1S/C6H10N2O2S/c1-2-3-8-5(11)4(9)7-6(8)10/h5,11H,2-3H2,1H3,(H,7,9,10). The van der Waals surface area contributed by atoms with Crippen molar-refractivity contribution in [1.82, 2.24) is 10.2 Å². The van der Waals surface area contributed by atoms with Crippen molar-refractivity contribution in [2.75, 3.05) is 6.54 Å². The van der Waals surface area contributed by atoms with Crippen LogP contribution in [0.25, 0.3) is 0 Å². The molecule has 0 aromatic heterocycles. The number of carbonyl (C=O) groups is 2. The second-order valence-electron chi connectivity index (χ2n) is 2.36. The van der Waals surface area contributed by atoms with Crippen molar-refractivity contribution >= 4 is 24.6 Å². The highest BCUT2D eigenvalue weighted by Gasteiger charge is 2.34. The van der Waals surface area contributed by atoms with Crippen molar-refractivity contribution in [1.29, 1.82) is 0 Å². The lowest BCUT2D eigenvalue weighted by atomic mass is 10.4. The van der Waals surface area contributed by atoms with Crippen molar-refractivity contribution in [3.8, 4) is 0 Å². The number of nitrogens with one attached hydrogen (secondary N) is 1. The molecule has 0 saturated carbocycles. The Balaban J connectivity index is 2.63. The molecule has 5 heteroatoms. The van der Waals surface area contributed by atoms with Gasteiger partial charge in [-0.05, 0) is 6.42 Å². The summed E-state index contributed by atoms with van der Waals surface area (Å²) in [7, 11) is 0. The minimum atomic E-state index is -0.595. The Morgan fingerprint density at radius 1 is 1.64 bits per heavy atom. The van der Waals surface area contributed by atoms with Gasteiger partial charge in [-0.25, -0.2) is 4.79 Å². The summed E-state index contributed by atoms with van der Waals surface area (Å²) in [4.78, 5) is 23.2. The number of imide groups is 1. The molecule has 0 aromatic rings. The van der Waals surface area contributed by atoms with Crippen LogP contribution in [0, 0.1) is 0 Å². The van der Waals surface area contributed by atoms with E-state index in [-0.39, 0.29) is 11.9 Å². The Morgan fingerprint density at radius 3 is 2.64 bits per heavy atom. The second-order valence-corrected chi connectivity index (χ2v) is 2.85. The number of carbonyl (C=O) groups excluding carboxylic acids is 2. The first-order chi connectivity index (χ1) is 5.16. The average Bonchev–Trinajstić information content (AvgIpc) is 2.17. The van der Waals surface area contributed by atoms with Gasteiger partial charge in [0.2, 0.25) is 0 Å². The van der Waals surface area contributed by atoms with Gasteiger partial charge in [0.05, 0.1) is 0 Å². The minimum absolute atomic E-state index is 0.327. The lowest BCUT2D eigenvalue weighted by molar-refractivity contribution is -0.119. The van der Waals surface area contributed by atoms with E-state index < -0.39 is 5.37 Å². The van der Waals surface area contributed by atoms with Crippen molar-refractivity contribution in [2.24, 2.45) is 0 Å². The Morgan fingerprint density at radius 2 is 2.27 bits per heavy atom. The summed E-state index contributed by atoms with van der Waals surface area (Å²) in [5.74, 6) is -0.327. The third-order valence-electron chi connectivity index (χ3n) is 1.49. The number of hydrogen-bond donors (Lipinski definition) is 2. The molecule has 3 amide bonds. The summed E-state index contributed by atoms with van der Waals surface area (Å²) in [6.07, 6.45) is 0.831. The zero-order chi connectivity index (χ0) is 8.43. The van der Waals surface area contributed by atoms with E-state index in [2.05, 4.69) is 17.9 Å². The predicted octanol–water partition coefficient (Wildman–Crippen LogP) is 0.204. The van der Waals surface area contributed by atoms with Gasteiger partial charge in [-0.1, -0.05) is 6.92 Å². The molecule has 1 N–H and O–H groups in total. The van der Waals surface area contributed by atoms with Crippen LogP contribution in [0.2, 0.25) is 0 Å². The molecule has 1 rings (SSSR count). The Bertz CT molecular complexity index is 195. The highest BCUT2D eigenvalue weighted by molar-refractivity contribution is 7.81. The first-order valence-corrected chi connectivity index (χ1v) is 3.98. The summed E-state index contributed by atoms with van der Waals surface area (Å²) in [5, 5.41) is 1.58. The van der Waals surface area contributed by atoms with Crippen LogP contribution < -0.4 is 5.32 Å². The van der Waals surface area contributed by atoms with Crippen molar-refractivity contribution < 1.29 is 9.59 Å². The van der Waals surface area contributed by atoms with Gasteiger partial charge < -0.3 is 4.90 Å². The van der Waals surface area contributed by atoms with Crippen LogP contribution in [0.5, 0.6) is 0 Å². The first kappa shape index (κ1) is 8.39. The van der Waals surface area contributed by atoms with Gasteiger partial charge in [0.1, 0.15) is 0 Å². The van der Waals surface area contributed by atoms with E-state index in [1.165, 1.54) is 4.90 Å². The number of amides is 3. The fourth-order valence-corrected chi connectivity index (χ4v) is 1.24. The van der Waals surface area contributed by atoms with Gasteiger partial charge in [0.25, 0.3) is 5.91 Å². The molecule has 0 spiro atoms. The molecule has 1 saturated heterocycles.